The highest BCUT2D eigenvalue weighted by Gasteiger charge is 2.20. The molecule has 0 amide bonds. The maximum Gasteiger partial charge on any atom is 0.524 e. The molecule has 0 saturated heterocycles. The van der Waals surface area contributed by atoms with Gasteiger partial charge in [0.25, 0.3) is 6.55 Å². The minimum absolute atomic E-state index is 0.0133. The Labute approximate surface area is 131 Å². The highest BCUT2D eigenvalue weighted by Crippen LogP contribution is 2.41. The molecular formula is C14H17F2N2O4P. The van der Waals surface area contributed by atoms with Gasteiger partial charge in [-0.25, -0.2) is 9.46 Å². The molecule has 6 nitrogen and oxygen atoms in total. The summed E-state index contributed by atoms with van der Waals surface area (Å²) >= 11 is 0. The number of aromatic nitrogens is 1. The van der Waals surface area contributed by atoms with E-state index in [1.165, 1.54) is 12.1 Å². The number of halogens is 2. The molecule has 0 unspecified atom stereocenters. The van der Waals surface area contributed by atoms with E-state index < -0.39 is 14.4 Å². The quantitative estimate of drug-likeness (QED) is 0.389. The highest BCUT2D eigenvalue weighted by atomic mass is 31.2. The van der Waals surface area contributed by atoms with Crippen LogP contribution in [0.2, 0.25) is 0 Å². The number of alkyl halides is 2. The second-order valence-electron chi connectivity index (χ2n) is 4.89. The van der Waals surface area contributed by atoms with Crippen LogP contribution in [0.3, 0.4) is 0 Å². The number of hydrogen-bond donors (Lipinski definition) is 3. The van der Waals surface area contributed by atoms with Crippen molar-refractivity contribution in [2.45, 2.75) is 13.0 Å². The summed E-state index contributed by atoms with van der Waals surface area (Å²) in [5, 5.41) is 0.476. The van der Waals surface area contributed by atoms with E-state index in [4.69, 9.17) is 9.79 Å². The highest BCUT2D eigenvalue weighted by molar-refractivity contribution is 7.46. The summed E-state index contributed by atoms with van der Waals surface area (Å²) in [6.07, 6.45) is 3.28. The van der Waals surface area contributed by atoms with Gasteiger partial charge in [0.05, 0.1) is 0 Å². The molecule has 0 saturated carbocycles. The van der Waals surface area contributed by atoms with Crippen LogP contribution in [0, 0.1) is 0 Å². The van der Waals surface area contributed by atoms with Crippen LogP contribution in [-0.4, -0.2) is 39.3 Å². The number of phosphoric acid groups is 1. The number of aromatic amines is 1. The molecule has 0 atom stereocenters. The molecule has 0 spiro atoms. The lowest BCUT2D eigenvalue weighted by molar-refractivity contribution is -0.0185. The monoisotopic (exact) mass is 346 g/mol. The van der Waals surface area contributed by atoms with Crippen LogP contribution in [0.5, 0.6) is 5.75 Å². The zero-order chi connectivity index (χ0) is 17.0. The first-order chi connectivity index (χ1) is 10.8. The normalized spacial score (nSPS) is 12.3. The number of nitrogens with one attached hydrogen (secondary N) is 1. The summed E-state index contributed by atoms with van der Waals surface area (Å²) in [5.74, 6) is 0.0133. The van der Waals surface area contributed by atoms with Crippen molar-refractivity contribution in [1.82, 2.24) is 9.88 Å². The van der Waals surface area contributed by atoms with Gasteiger partial charge < -0.3 is 9.51 Å². The number of H-pyrrole nitrogens is 1. The Bertz CT molecular complexity index is 729. The molecule has 1 heterocycles. The molecule has 23 heavy (non-hydrogen) atoms. The van der Waals surface area contributed by atoms with Crippen molar-refractivity contribution in [2.24, 2.45) is 0 Å². The number of benzene rings is 1. The number of nitrogens with zero attached hydrogens (tertiary/aromatic N) is 1. The number of fused-ring (bicyclic) bond motifs is 1. The van der Waals surface area contributed by atoms with Crippen molar-refractivity contribution in [3.63, 3.8) is 0 Å². The molecule has 0 aliphatic rings. The van der Waals surface area contributed by atoms with Crippen LogP contribution in [0.25, 0.3) is 10.9 Å². The number of phosphoric ester groups is 1. The summed E-state index contributed by atoms with van der Waals surface area (Å²) in [6, 6.07) is 4.71. The van der Waals surface area contributed by atoms with Crippen molar-refractivity contribution in [2.75, 3.05) is 13.1 Å². The van der Waals surface area contributed by atoms with E-state index in [1.54, 1.807) is 18.3 Å². The molecule has 3 N–H and O–H groups in total. The standard InChI is InChI=1S/C14H17F2N2O4P/c1-2-7-18(14(15)16)8-6-10-9-17-11-4-3-5-12(13(10)11)22-23(19,20)21/h2-5,9,14,17H,1,6-8H2,(H2,19,20,21). The van der Waals surface area contributed by atoms with Gasteiger partial charge in [-0.3, -0.25) is 9.79 Å². The summed E-state index contributed by atoms with van der Waals surface area (Å²) in [5.41, 5.74) is 1.25. The van der Waals surface area contributed by atoms with E-state index in [0.29, 0.717) is 16.5 Å². The van der Waals surface area contributed by atoms with Gasteiger partial charge in [-0.05, 0) is 24.1 Å². The second kappa shape index (κ2) is 7.23. The Kier molecular flexibility index (Phi) is 5.54. The van der Waals surface area contributed by atoms with Crippen LogP contribution in [0.15, 0.2) is 37.1 Å². The molecule has 126 valence electrons. The van der Waals surface area contributed by atoms with Crippen molar-refractivity contribution >= 4 is 18.7 Å². The molecule has 0 aliphatic heterocycles. The fraction of sp³-hybridized carbons (Fsp3) is 0.286. The van der Waals surface area contributed by atoms with Gasteiger partial charge in [0.1, 0.15) is 5.75 Å². The molecule has 0 radical (unpaired) electrons. The summed E-state index contributed by atoms with van der Waals surface area (Å²) in [6.45, 7) is 0.955. The van der Waals surface area contributed by atoms with E-state index in [-0.39, 0.29) is 25.3 Å². The number of hydrogen-bond acceptors (Lipinski definition) is 3. The molecule has 2 rings (SSSR count). The molecule has 0 fully saturated rings. The van der Waals surface area contributed by atoms with Crippen LogP contribution in [-0.2, 0) is 11.0 Å². The predicted octanol–water partition coefficient (Wildman–Crippen LogP) is 2.89. The maximum absolute atomic E-state index is 12.9. The Morgan fingerprint density at radius 1 is 1.43 bits per heavy atom. The van der Waals surface area contributed by atoms with Gasteiger partial charge >= 0.3 is 7.82 Å². The Morgan fingerprint density at radius 3 is 2.78 bits per heavy atom. The predicted molar refractivity (Wildman–Crippen MR) is 82.4 cm³/mol. The zero-order valence-corrected chi connectivity index (χ0v) is 13.0. The lowest BCUT2D eigenvalue weighted by Crippen LogP contribution is -2.31. The van der Waals surface area contributed by atoms with Gasteiger partial charge in [0.2, 0.25) is 0 Å². The average Bonchev–Trinajstić information content (AvgIpc) is 2.86. The zero-order valence-electron chi connectivity index (χ0n) is 12.2. The SMILES string of the molecule is C=CCN(CCc1c[nH]c2cccc(OP(=O)(O)O)c12)C(F)F. The second-order valence-corrected chi connectivity index (χ2v) is 6.05. The summed E-state index contributed by atoms with van der Waals surface area (Å²) in [7, 11) is -4.71. The van der Waals surface area contributed by atoms with Gasteiger partial charge in [-0.15, -0.1) is 6.58 Å². The Balaban J connectivity index is 2.27. The van der Waals surface area contributed by atoms with Crippen molar-refractivity contribution in [1.29, 1.82) is 0 Å². The van der Waals surface area contributed by atoms with Gasteiger partial charge in [0, 0.05) is 30.2 Å². The molecule has 1 aromatic carbocycles. The average molecular weight is 346 g/mol. The minimum Gasteiger partial charge on any atom is -0.404 e. The van der Waals surface area contributed by atoms with Gasteiger partial charge in [0.15, 0.2) is 0 Å². The molecule has 0 bridgehead atoms. The molecule has 0 aliphatic carbocycles. The van der Waals surface area contributed by atoms with E-state index >= 15 is 0 Å². The van der Waals surface area contributed by atoms with Crippen LogP contribution in [0.1, 0.15) is 5.56 Å². The minimum atomic E-state index is -4.71. The topological polar surface area (TPSA) is 85.8 Å². The third-order valence-corrected chi connectivity index (χ3v) is 3.71. The smallest absolute Gasteiger partial charge is 0.404 e. The molecule has 2 aromatic rings. The molecular weight excluding hydrogens is 329 g/mol. The summed E-state index contributed by atoms with van der Waals surface area (Å²) < 4.78 is 41.5. The molecule has 9 heteroatoms. The van der Waals surface area contributed by atoms with E-state index in [2.05, 4.69) is 16.1 Å². The Morgan fingerprint density at radius 2 is 2.17 bits per heavy atom. The Hall–Kier alpha value is -1.73. The molecule has 1 aromatic heterocycles. The first-order valence-electron chi connectivity index (χ1n) is 6.79. The number of rotatable bonds is 8. The van der Waals surface area contributed by atoms with E-state index in [0.717, 1.165) is 4.90 Å². The fourth-order valence-corrected chi connectivity index (χ4v) is 2.73. The van der Waals surface area contributed by atoms with Gasteiger partial charge in [-0.1, -0.05) is 12.1 Å². The lowest BCUT2D eigenvalue weighted by atomic mass is 10.1. The van der Waals surface area contributed by atoms with Crippen molar-refractivity contribution in [3.8, 4) is 5.75 Å². The van der Waals surface area contributed by atoms with Crippen LogP contribution in [0.4, 0.5) is 8.78 Å². The van der Waals surface area contributed by atoms with E-state index in [9.17, 15) is 13.3 Å². The third-order valence-electron chi connectivity index (χ3n) is 3.27. The van der Waals surface area contributed by atoms with Crippen LogP contribution >= 0.6 is 7.82 Å². The first kappa shape index (κ1) is 17.6. The van der Waals surface area contributed by atoms with Crippen molar-refractivity contribution in [3.05, 3.63) is 42.6 Å². The van der Waals surface area contributed by atoms with Crippen LogP contribution < -0.4 is 4.52 Å². The first-order valence-corrected chi connectivity index (χ1v) is 8.32. The summed E-state index contributed by atoms with van der Waals surface area (Å²) in [4.78, 5) is 21.8. The van der Waals surface area contributed by atoms with Crippen molar-refractivity contribution < 1.29 is 27.7 Å². The maximum atomic E-state index is 12.9. The van der Waals surface area contributed by atoms with Gasteiger partial charge in [-0.2, -0.15) is 8.78 Å². The largest absolute Gasteiger partial charge is 0.524 e. The fourth-order valence-electron chi connectivity index (χ4n) is 2.32. The third kappa shape index (κ3) is 4.62. The van der Waals surface area contributed by atoms with E-state index in [1.807, 2.05) is 0 Å². The lowest BCUT2D eigenvalue weighted by Gasteiger charge is -2.19.